The maximum atomic E-state index is 12.4. The van der Waals surface area contributed by atoms with Crippen LogP contribution in [0.4, 0.5) is 0 Å². The van der Waals surface area contributed by atoms with Crippen molar-refractivity contribution in [1.82, 2.24) is 14.8 Å². The highest BCUT2D eigenvalue weighted by Crippen LogP contribution is 2.42. The first-order valence-electron chi connectivity index (χ1n) is 18.1. The van der Waals surface area contributed by atoms with Gasteiger partial charge in [0.2, 0.25) is 0 Å². The highest BCUT2D eigenvalue weighted by atomic mass is 35.5. The molecule has 0 radical (unpaired) electrons. The number of rotatable bonds is 10. The van der Waals surface area contributed by atoms with Crippen molar-refractivity contribution in [1.29, 1.82) is 0 Å². The van der Waals surface area contributed by atoms with E-state index in [1.54, 1.807) is 0 Å². The smallest absolute Gasteiger partial charge is 0.307 e. The van der Waals surface area contributed by atoms with Crippen LogP contribution in [0.2, 0.25) is 5.02 Å². The Morgan fingerprint density at radius 3 is 2.54 bits per heavy atom. The summed E-state index contributed by atoms with van der Waals surface area (Å²) in [6.07, 6.45) is 4.90. The van der Waals surface area contributed by atoms with Gasteiger partial charge in [-0.25, -0.2) is 0 Å². The van der Waals surface area contributed by atoms with Crippen LogP contribution in [0.25, 0.3) is 22.3 Å². The number of carbonyl (C=O) groups is 1. The number of pyridine rings is 1. The van der Waals surface area contributed by atoms with Crippen molar-refractivity contribution in [2.45, 2.75) is 72.0 Å². The highest BCUT2D eigenvalue weighted by molar-refractivity contribution is 6.31. The summed E-state index contributed by atoms with van der Waals surface area (Å²) in [5.74, 6) is 0.659. The Bertz CT molecular complexity index is 1870. The SMILES string of the molecule is Cc1cccc(Cl)c1CN1CCc2cc(-c3c(CN(C)CC4CCOCC4)nc(C)c(CC(=O)O)c3-c3ccc4c(c3)CCCO4)ccc2C1. The number of halogens is 1. The molecule has 7 rings (SSSR count). The third-order valence-corrected chi connectivity index (χ3v) is 11.1. The summed E-state index contributed by atoms with van der Waals surface area (Å²) in [4.78, 5) is 22.5. The summed E-state index contributed by atoms with van der Waals surface area (Å²) in [6.45, 7) is 10.7. The summed E-state index contributed by atoms with van der Waals surface area (Å²) in [7, 11) is 2.18. The molecule has 0 amide bonds. The number of fused-ring (bicyclic) bond motifs is 2. The third kappa shape index (κ3) is 7.62. The molecule has 0 unspecified atom stereocenters. The lowest BCUT2D eigenvalue weighted by molar-refractivity contribution is -0.136. The number of aliphatic carboxylic acids is 1. The van der Waals surface area contributed by atoms with E-state index >= 15 is 0 Å². The second kappa shape index (κ2) is 15.2. The number of nitrogens with zero attached hydrogens (tertiary/aromatic N) is 3. The largest absolute Gasteiger partial charge is 0.493 e. The fourth-order valence-electron chi connectivity index (χ4n) is 8.11. The molecule has 0 spiro atoms. The molecule has 3 aliphatic rings. The zero-order valence-corrected chi connectivity index (χ0v) is 30.3. The normalized spacial score (nSPS) is 16.6. The molecule has 8 heteroatoms. The van der Waals surface area contributed by atoms with Crippen LogP contribution < -0.4 is 4.74 Å². The first-order valence-corrected chi connectivity index (χ1v) is 18.5. The second-order valence-corrected chi connectivity index (χ2v) is 14.9. The van der Waals surface area contributed by atoms with Crippen molar-refractivity contribution in [3.05, 3.63) is 104 Å². The number of aryl methyl sites for hydroxylation is 3. The maximum Gasteiger partial charge on any atom is 0.307 e. The Morgan fingerprint density at radius 2 is 1.74 bits per heavy atom. The number of carboxylic acid groups (broad SMARTS) is 1. The van der Waals surface area contributed by atoms with E-state index in [9.17, 15) is 9.90 Å². The number of hydrogen-bond donors (Lipinski definition) is 1. The minimum absolute atomic E-state index is 0.0890. The minimum Gasteiger partial charge on any atom is -0.493 e. The quantitative estimate of drug-likeness (QED) is 0.180. The molecule has 50 heavy (non-hydrogen) atoms. The third-order valence-electron chi connectivity index (χ3n) is 10.8. The van der Waals surface area contributed by atoms with E-state index in [-0.39, 0.29) is 6.42 Å². The molecule has 4 heterocycles. The molecular weight excluding hydrogens is 646 g/mol. The van der Waals surface area contributed by atoms with Crippen molar-refractivity contribution in [2.75, 3.05) is 40.0 Å². The summed E-state index contributed by atoms with van der Waals surface area (Å²) in [6, 6.07) is 19.4. The molecule has 262 valence electrons. The number of benzene rings is 3. The van der Waals surface area contributed by atoms with Crippen LogP contribution in [0.15, 0.2) is 54.6 Å². The Balaban J connectivity index is 1.31. The van der Waals surface area contributed by atoms with Crippen molar-refractivity contribution in [2.24, 2.45) is 5.92 Å². The van der Waals surface area contributed by atoms with E-state index in [0.717, 1.165) is 128 Å². The van der Waals surface area contributed by atoms with Crippen molar-refractivity contribution in [3.63, 3.8) is 0 Å². The first kappa shape index (κ1) is 34.7. The van der Waals surface area contributed by atoms with Gasteiger partial charge in [0, 0.05) is 62.2 Å². The predicted molar refractivity (Wildman–Crippen MR) is 199 cm³/mol. The molecular formula is C42H48ClN3O4. The Kier molecular flexibility index (Phi) is 10.6. The average Bonchev–Trinajstić information content (AvgIpc) is 3.10. The van der Waals surface area contributed by atoms with Gasteiger partial charge in [0.25, 0.3) is 0 Å². The molecule has 0 aliphatic carbocycles. The molecule has 1 fully saturated rings. The molecule has 1 aromatic heterocycles. The van der Waals surface area contributed by atoms with Gasteiger partial charge in [-0.1, -0.05) is 48.0 Å². The van der Waals surface area contributed by atoms with E-state index in [4.69, 9.17) is 26.1 Å². The number of carboxylic acids is 1. The summed E-state index contributed by atoms with van der Waals surface area (Å²) in [5.41, 5.74) is 12.9. The minimum atomic E-state index is -0.855. The standard InChI is InChI=1S/C42H48ClN3O4/c1-27-6-4-8-37(43)36(27)25-46-16-13-30-20-33(9-10-34(30)24-46)42-38(26-45(3)23-29-14-18-49-19-15-29)44-28(2)35(22-40(47)48)41(42)32-11-12-39-31(21-32)7-5-17-50-39/h4,6,8-12,20-21,29H,5,7,13-19,22-26H2,1-3H3,(H,47,48). The van der Waals surface area contributed by atoms with Gasteiger partial charge in [-0.15, -0.1) is 0 Å². The van der Waals surface area contributed by atoms with Gasteiger partial charge < -0.3 is 19.5 Å². The molecule has 0 atom stereocenters. The highest BCUT2D eigenvalue weighted by Gasteiger charge is 2.27. The molecule has 3 aliphatic heterocycles. The molecule has 0 bridgehead atoms. The second-order valence-electron chi connectivity index (χ2n) is 14.4. The van der Waals surface area contributed by atoms with Gasteiger partial charge in [0.1, 0.15) is 5.75 Å². The molecule has 1 saturated heterocycles. The lowest BCUT2D eigenvalue weighted by atomic mass is 9.84. The molecule has 0 saturated carbocycles. The lowest BCUT2D eigenvalue weighted by Crippen LogP contribution is -2.30. The van der Waals surface area contributed by atoms with Crippen LogP contribution in [-0.2, 0) is 48.4 Å². The van der Waals surface area contributed by atoms with Gasteiger partial charge in [-0.05, 0) is 127 Å². The van der Waals surface area contributed by atoms with Crippen LogP contribution in [0, 0.1) is 19.8 Å². The van der Waals surface area contributed by atoms with E-state index in [0.29, 0.717) is 12.5 Å². The summed E-state index contributed by atoms with van der Waals surface area (Å²) < 4.78 is 11.6. The van der Waals surface area contributed by atoms with E-state index in [2.05, 4.69) is 66.2 Å². The van der Waals surface area contributed by atoms with Gasteiger partial charge >= 0.3 is 5.97 Å². The zero-order chi connectivity index (χ0) is 34.8. The Hall–Kier alpha value is -3.75. The summed E-state index contributed by atoms with van der Waals surface area (Å²) in [5, 5.41) is 11.0. The van der Waals surface area contributed by atoms with E-state index in [1.807, 2.05) is 19.1 Å². The number of hydrogen-bond acceptors (Lipinski definition) is 6. The van der Waals surface area contributed by atoms with Crippen LogP contribution in [0.3, 0.4) is 0 Å². The van der Waals surface area contributed by atoms with Crippen molar-refractivity contribution < 1.29 is 19.4 Å². The predicted octanol–water partition coefficient (Wildman–Crippen LogP) is 8.05. The van der Waals surface area contributed by atoms with Crippen LogP contribution >= 0.6 is 11.6 Å². The molecule has 1 N–H and O–H groups in total. The molecule has 7 nitrogen and oxygen atoms in total. The van der Waals surface area contributed by atoms with Crippen molar-refractivity contribution in [3.8, 4) is 28.0 Å². The Morgan fingerprint density at radius 1 is 0.960 bits per heavy atom. The van der Waals surface area contributed by atoms with Crippen LogP contribution in [0.1, 0.15) is 64.0 Å². The molecule has 3 aromatic carbocycles. The first-order chi connectivity index (χ1) is 24.2. The fraction of sp³-hybridized carbons (Fsp3) is 0.429. The van der Waals surface area contributed by atoms with E-state index < -0.39 is 5.97 Å². The summed E-state index contributed by atoms with van der Waals surface area (Å²) >= 11 is 6.62. The lowest BCUT2D eigenvalue weighted by Gasteiger charge is -2.31. The van der Waals surface area contributed by atoms with Crippen LogP contribution in [-0.4, -0.2) is 65.8 Å². The Labute approximate surface area is 301 Å². The number of ether oxygens (including phenoxy) is 2. The van der Waals surface area contributed by atoms with Gasteiger partial charge in [0.05, 0.1) is 18.7 Å². The average molecular weight is 694 g/mol. The van der Waals surface area contributed by atoms with E-state index in [1.165, 1.54) is 27.8 Å². The zero-order valence-electron chi connectivity index (χ0n) is 29.6. The maximum absolute atomic E-state index is 12.4. The fourth-order valence-corrected chi connectivity index (χ4v) is 8.39. The number of aromatic nitrogens is 1. The van der Waals surface area contributed by atoms with Gasteiger partial charge in [-0.2, -0.15) is 0 Å². The van der Waals surface area contributed by atoms with Gasteiger partial charge in [-0.3, -0.25) is 14.7 Å². The topological polar surface area (TPSA) is 75.1 Å². The monoisotopic (exact) mass is 693 g/mol. The van der Waals surface area contributed by atoms with Crippen LogP contribution in [0.5, 0.6) is 5.75 Å². The van der Waals surface area contributed by atoms with Crippen molar-refractivity contribution >= 4 is 17.6 Å². The molecule has 4 aromatic rings. The van der Waals surface area contributed by atoms with Gasteiger partial charge in [0.15, 0.2) is 0 Å².